The first-order valence-corrected chi connectivity index (χ1v) is 9.46. The van der Waals surface area contributed by atoms with E-state index in [1.165, 1.54) is 12.1 Å². The predicted octanol–water partition coefficient (Wildman–Crippen LogP) is 4.45. The van der Waals surface area contributed by atoms with Crippen molar-refractivity contribution in [3.63, 3.8) is 0 Å². The van der Waals surface area contributed by atoms with E-state index in [0.717, 1.165) is 13.3 Å². The van der Waals surface area contributed by atoms with Crippen molar-refractivity contribution in [2.24, 2.45) is 5.41 Å². The molecule has 1 heterocycles. The Morgan fingerprint density at radius 2 is 1.74 bits per heavy atom. The van der Waals surface area contributed by atoms with Gasteiger partial charge >= 0.3 is 6.18 Å². The summed E-state index contributed by atoms with van der Waals surface area (Å²) in [6.45, 7) is 3.51. The quantitative estimate of drug-likeness (QED) is 0.833. The van der Waals surface area contributed by atoms with Crippen LogP contribution in [0.5, 0.6) is 5.75 Å². The SMILES string of the molecule is CC[C@]1(O)CC[C@]2(CCN(c3ccc(O[C@@H](C)C(F)(F)F)cc3)C2=O)CC1. The van der Waals surface area contributed by atoms with E-state index in [4.69, 9.17) is 4.74 Å². The summed E-state index contributed by atoms with van der Waals surface area (Å²) in [6, 6.07) is 6.18. The van der Waals surface area contributed by atoms with Crippen LogP contribution in [-0.4, -0.2) is 35.4 Å². The number of anilines is 1. The zero-order valence-corrected chi connectivity index (χ0v) is 15.7. The topological polar surface area (TPSA) is 49.8 Å². The van der Waals surface area contributed by atoms with Gasteiger partial charge in [-0.3, -0.25) is 4.79 Å². The smallest absolute Gasteiger partial charge is 0.425 e. The maximum atomic E-state index is 13.0. The Bertz CT molecular complexity index is 679. The lowest BCUT2D eigenvalue weighted by Crippen LogP contribution is -2.43. The van der Waals surface area contributed by atoms with E-state index >= 15 is 0 Å². The molecule has 1 aliphatic carbocycles. The van der Waals surface area contributed by atoms with Crippen molar-refractivity contribution in [1.82, 2.24) is 0 Å². The molecule has 0 radical (unpaired) electrons. The molecule has 1 aliphatic heterocycles. The minimum Gasteiger partial charge on any atom is -0.481 e. The Labute approximate surface area is 157 Å². The number of hydrogen-bond donors (Lipinski definition) is 1. The van der Waals surface area contributed by atoms with Crippen LogP contribution in [0.2, 0.25) is 0 Å². The number of benzene rings is 1. The average molecular weight is 385 g/mol. The number of carbonyl (C=O) groups is 1. The van der Waals surface area contributed by atoms with Crippen LogP contribution in [0.3, 0.4) is 0 Å². The van der Waals surface area contributed by atoms with E-state index < -0.39 is 23.3 Å². The van der Waals surface area contributed by atoms with Gasteiger partial charge in [0.25, 0.3) is 0 Å². The summed E-state index contributed by atoms with van der Waals surface area (Å²) < 4.78 is 42.7. The van der Waals surface area contributed by atoms with Crippen molar-refractivity contribution in [3.8, 4) is 5.75 Å². The van der Waals surface area contributed by atoms with E-state index in [-0.39, 0.29) is 11.7 Å². The summed E-state index contributed by atoms with van der Waals surface area (Å²) in [5.74, 6) is 0.175. The number of amides is 1. The summed E-state index contributed by atoms with van der Waals surface area (Å²) in [7, 11) is 0. The lowest BCUT2D eigenvalue weighted by molar-refractivity contribution is -0.189. The molecule has 4 nitrogen and oxygen atoms in total. The summed E-state index contributed by atoms with van der Waals surface area (Å²) in [4.78, 5) is 14.7. The normalized spacial score (nSPS) is 30.0. The van der Waals surface area contributed by atoms with Crippen LogP contribution in [-0.2, 0) is 4.79 Å². The number of rotatable bonds is 4. The van der Waals surface area contributed by atoms with Crippen molar-refractivity contribution in [1.29, 1.82) is 0 Å². The third-order valence-corrected chi connectivity index (χ3v) is 6.23. The van der Waals surface area contributed by atoms with Crippen LogP contribution in [0.4, 0.5) is 18.9 Å². The van der Waals surface area contributed by atoms with E-state index in [0.29, 0.717) is 44.3 Å². The Morgan fingerprint density at radius 3 is 2.26 bits per heavy atom. The van der Waals surface area contributed by atoms with Crippen molar-refractivity contribution in [2.45, 2.75) is 70.3 Å². The van der Waals surface area contributed by atoms with Gasteiger partial charge in [-0.25, -0.2) is 0 Å². The highest BCUT2D eigenvalue weighted by Gasteiger charge is 2.51. The molecule has 1 saturated heterocycles. The maximum absolute atomic E-state index is 13.0. The first-order chi connectivity index (χ1) is 12.6. The molecule has 2 fully saturated rings. The van der Waals surface area contributed by atoms with Crippen LogP contribution in [0, 0.1) is 5.41 Å². The van der Waals surface area contributed by atoms with Gasteiger partial charge in [-0.15, -0.1) is 0 Å². The fourth-order valence-corrected chi connectivity index (χ4v) is 4.05. The molecule has 1 N–H and O–H groups in total. The molecule has 1 saturated carbocycles. The molecule has 1 spiro atoms. The fraction of sp³-hybridized carbons (Fsp3) is 0.650. The summed E-state index contributed by atoms with van der Waals surface area (Å²) in [6.07, 6.45) is -2.25. The predicted molar refractivity (Wildman–Crippen MR) is 95.7 cm³/mol. The van der Waals surface area contributed by atoms with Gasteiger partial charge in [-0.2, -0.15) is 13.2 Å². The van der Waals surface area contributed by atoms with Crippen molar-refractivity contribution in [3.05, 3.63) is 24.3 Å². The number of ether oxygens (including phenoxy) is 1. The molecule has 150 valence electrons. The molecule has 2 aliphatic rings. The van der Waals surface area contributed by atoms with E-state index in [1.807, 2.05) is 6.92 Å². The van der Waals surface area contributed by atoms with Crippen molar-refractivity contribution < 1.29 is 27.8 Å². The summed E-state index contributed by atoms with van der Waals surface area (Å²) in [5, 5.41) is 10.4. The summed E-state index contributed by atoms with van der Waals surface area (Å²) in [5.41, 5.74) is -0.408. The standard InChI is InChI=1S/C20H26F3NO3/c1-3-19(26)10-8-18(9-11-19)12-13-24(17(18)25)15-4-6-16(7-5-15)27-14(2)20(21,22)23/h4-7,14,26H,3,8-13H2,1-2H3/t14-,18-,19+/m0/s1. The molecular weight excluding hydrogens is 359 g/mol. The lowest BCUT2D eigenvalue weighted by atomic mass is 9.67. The van der Waals surface area contributed by atoms with Crippen LogP contribution in [0.1, 0.15) is 52.4 Å². The third-order valence-electron chi connectivity index (χ3n) is 6.23. The van der Waals surface area contributed by atoms with E-state index in [1.54, 1.807) is 17.0 Å². The highest BCUT2D eigenvalue weighted by molar-refractivity contribution is 6.00. The molecule has 0 bridgehead atoms. The second kappa shape index (κ2) is 7.00. The molecular formula is C20H26F3NO3. The zero-order valence-electron chi connectivity index (χ0n) is 15.7. The second-order valence-electron chi connectivity index (χ2n) is 7.86. The minimum atomic E-state index is -4.42. The number of halogens is 3. The van der Waals surface area contributed by atoms with E-state index in [9.17, 15) is 23.1 Å². The largest absolute Gasteiger partial charge is 0.481 e. The number of hydrogen-bond acceptors (Lipinski definition) is 3. The lowest BCUT2D eigenvalue weighted by Gasteiger charge is -2.40. The molecule has 1 aromatic rings. The molecule has 7 heteroatoms. The average Bonchev–Trinajstić information content (AvgIpc) is 2.94. The second-order valence-corrected chi connectivity index (χ2v) is 7.86. The number of nitrogens with zero attached hydrogens (tertiary/aromatic N) is 1. The van der Waals surface area contributed by atoms with Crippen LogP contribution in [0.15, 0.2) is 24.3 Å². The minimum absolute atomic E-state index is 0.0537. The molecule has 3 rings (SSSR count). The molecule has 1 aromatic carbocycles. The number of carbonyl (C=O) groups excluding carboxylic acids is 1. The highest BCUT2D eigenvalue weighted by atomic mass is 19.4. The fourth-order valence-electron chi connectivity index (χ4n) is 4.05. The van der Waals surface area contributed by atoms with Gasteiger partial charge in [0.05, 0.1) is 11.0 Å². The van der Waals surface area contributed by atoms with Crippen molar-refractivity contribution >= 4 is 11.6 Å². The van der Waals surface area contributed by atoms with Gasteiger partial charge in [-0.05, 0) is 69.7 Å². The number of aliphatic hydroxyl groups is 1. The van der Waals surface area contributed by atoms with Crippen LogP contribution >= 0.6 is 0 Å². The van der Waals surface area contributed by atoms with Gasteiger partial charge in [0.1, 0.15) is 5.75 Å². The molecule has 0 unspecified atom stereocenters. The van der Waals surface area contributed by atoms with Crippen molar-refractivity contribution in [2.75, 3.05) is 11.4 Å². The Hall–Kier alpha value is -1.76. The molecule has 0 aromatic heterocycles. The third kappa shape index (κ3) is 3.93. The van der Waals surface area contributed by atoms with Gasteiger partial charge < -0.3 is 14.7 Å². The Kier molecular flexibility index (Phi) is 5.18. The first kappa shape index (κ1) is 20.0. The molecule has 27 heavy (non-hydrogen) atoms. The molecule has 1 amide bonds. The van der Waals surface area contributed by atoms with Gasteiger partial charge in [-0.1, -0.05) is 6.92 Å². The maximum Gasteiger partial charge on any atom is 0.425 e. The summed E-state index contributed by atoms with van der Waals surface area (Å²) >= 11 is 0. The van der Waals surface area contributed by atoms with Gasteiger partial charge in [0, 0.05) is 12.2 Å². The van der Waals surface area contributed by atoms with Crippen LogP contribution < -0.4 is 9.64 Å². The van der Waals surface area contributed by atoms with E-state index in [2.05, 4.69) is 0 Å². The number of alkyl halides is 3. The Balaban J connectivity index is 1.67. The first-order valence-electron chi connectivity index (χ1n) is 9.46. The molecule has 1 atom stereocenters. The van der Waals surface area contributed by atoms with Gasteiger partial charge in [0.15, 0.2) is 6.10 Å². The monoisotopic (exact) mass is 385 g/mol. The zero-order chi connectivity index (χ0) is 19.9. The van der Waals surface area contributed by atoms with Gasteiger partial charge in [0.2, 0.25) is 5.91 Å². The highest BCUT2D eigenvalue weighted by Crippen LogP contribution is 2.49. The van der Waals surface area contributed by atoms with Crippen LogP contribution in [0.25, 0.3) is 0 Å². The Morgan fingerprint density at radius 1 is 1.15 bits per heavy atom.